The molecule has 0 amide bonds. The number of aryl methyl sites for hydroxylation is 1. The van der Waals surface area contributed by atoms with Crippen LogP contribution >= 0.6 is 0 Å². The molecule has 1 aromatic heterocycles. The Hall–Kier alpha value is -0.693. The van der Waals surface area contributed by atoms with Gasteiger partial charge in [0.2, 0.25) is 0 Å². The van der Waals surface area contributed by atoms with Gasteiger partial charge in [-0.15, -0.1) is 0 Å². The molecule has 0 spiro atoms. The molecular weight excluding hydrogens is 308 g/mol. The summed E-state index contributed by atoms with van der Waals surface area (Å²) in [7, 11) is 0.0732. The lowest BCUT2D eigenvalue weighted by molar-refractivity contribution is -0.153. The third-order valence-electron chi connectivity index (χ3n) is 5.39. The molecule has 3 atom stereocenters. The lowest BCUT2D eigenvalue weighted by Crippen LogP contribution is -2.50. The summed E-state index contributed by atoms with van der Waals surface area (Å²) in [5.41, 5.74) is 2.23. The molecule has 2 aliphatic rings. The number of nitrogens with zero attached hydrogens (tertiary/aromatic N) is 2. The molecule has 0 N–H and O–H groups in total. The monoisotopic (exact) mass is 338 g/mol. The molecule has 23 heavy (non-hydrogen) atoms. The van der Waals surface area contributed by atoms with Crippen molar-refractivity contribution >= 4 is 8.32 Å². The van der Waals surface area contributed by atoms with Crippen LogP contribution in [0.1, 0.15) is 52.0 Å². The molecule has 6 heteroatoms. The smallest absolute Gasteiger partial charge is 0.192 e. The van der Waals surface area contributed by atoms with Gasteiger partial charge in [0.1, 0.15) is 12.2 Å². The maximum Gasteiger partial charge on any atom is 0.192 e. The van der Waals surface area contributed by atoms with Crippen molar-refractivity contribution < 1.29 is 13.9 Å². The molecular formula is C17H30N2O3Si. The van der Waals surface area contributed by atoms with E-state index >= 15 is 0 Å². The van der Waals surface area contributed by atoms with E-state index in [-0.39, 0.29) is 23.4 Å². The second-order valence-corrected chi connectivity index (χ2v) is 13.6. The molecule has 0 saturated carbocycles. The van der Waals surface area contributed by atoms with Crippen LogP contribution in [0, 0.1) is 0 Å². The van der Waals surface area contributed by atoms with Gasteiger partial charge in [-0.25, -0.2) is 0 Å². The van der Waals surface area contributed by atoms with Crippen molar-refractivity contribution in [3.05, 3.63) is 17.5 Å². The molecule has 1 fully saturated rings. The number of rotatable bonds is 2. The molecule has 0 unspecified atom stereocenters. The predicted octanol–water partition coefficient (Wildman–Crippen LogP) is 3.56. The van der Waals surface area contributed by atoms with Crippen molar-refractivity contribution in [1.29, 1.82) is 0 Å². The summed E-state index contributed by atoms with van der Waals surface area (Å²) < 4.78 is 21.0. The van der Waals surface area contributed by atoms with E-state index in [9.17, 15) is 0 Å². The van der Waals surface area contributed by atoms with Crippen LogP contribution in [0.4, 0.5) is 0 Å². The van der Waals surface area contributed by atoms with Gasteiger partial charge in [-0.2, -0.15) is 5.10 Å². The maximum atomic E-state index is 6.70. The van der Waals surface area contributed by atoms with Gasteiger partial charge in [0.25, 0.3) is 0 Å². The third-order valence-corrected chi connectivity index (χ3v) is 9.89. The molecule has 3 rings (SSSR count). The van der Waals surface area contributed by atoms with Gasteiger partial charge < -0.3 is 13.9 Å². The highest BCUT2D eigenvalue weighted by Gasteiger charge is 2.52. The normalized spacial score (nSPS) is 30.2. The highest BCUT2D eigenvalue weighted by molar-refractivity contribution is 6.74. The fourth-order valence-electron chi connectivity index (χ4n) is 3.22. The zero-order valence-electron chi connectivity index (χ0n) is 15.6. The van der Waals surface area contributed by atoms with Gasteiger partial charge >= 0.3 is 0 Å². The van der Waals surface area contributed by atoms with Crippen LogP contribution in [-0.4, -0.2) is 36.1 Å². The van der Waals surface area contributed by atoms with E-state index in [1.165, 1.54) is 0 Å². The summed E-state index contributed by atoms with van der Waals surface area (Å²) >= 11 is 0. The van der Waals surface area contributed by atoms with Gasteiger partial charge in [0.05, 0.1) is 11.8 Å². The summed E-state index contributed by atoms with van der Waals surface area (Å²) in [5.74, 6) is -0.582. The van der Waals surface area contributed by atoms with Gasteiger partial charge in [-0.05, 0) is 32.0 Å². The van der Waals surface area contributed by atoms with Crippen molar-refractivity contribution in [1.82, 2.24) is 9.78 Å². The SMILES string of the molecule is Cn1cc2c(n1)C[C@@H](O[Si](C)(C)C(C)(C)C)[C@@H]1OC(C)(C)O[C@H]21. The van der Waals surface area contributed by atoms with Crippen molar-refractivity contribution in [3.8, 4) is 0 Å². The maximum absolute atomic E-state index is 6.70. The summed E-state index contributed by atoms with van der Waals surface area (Å²) in [6.07, 6.45) is 2.71. The van der Waals surface area contributed by atoms with E-state index < -0.39 is 14.1 Å². The van der Waals surface area contributed by atoms with Crippen molar-refractivity contribution in [2.45, 2.75) is 83.3 Å². The van der Waals surface area contributed by atoms with E-state index in [1.807, 2.05) is 25.6 Å². The van der Waals surface area contributed by atoms with Crippen LogP contribution in [0.3, 0.4) is 0 Å². The third kappa shape index (κ3) is 3.02. The number of ether oxygens (including phenoxy) is 2. The summed E-state index contributed by atoms with van der Waals surface area (Å²) in [4.78, 5) is 0. The molecule has 5 nitrogen and oxygen atoms in total. The first-order valence-corrected chi connectivity index (χ1v) is 11.4. The Morgan fingerprint density at radius 3 is 2.57 bits per heavy atom. The van der Waals surface area contributed by atoms with Gasteiger partial charge in [-0.1, -0.05) is 20.8 Å². The molecule has 2 heterocycles. The van der Waals surface area contributed by atoms with Crippen LogP contribution < -0.4 is 0 Å². The molecule has 130 valence electrons. The lowest BCUT2D eigenvalue weighted by atomic mass is 9.90. The fourth-order valence-corrected chi connectivity index (χ4v) is 4.55. The van der Waals surface area contributed by atoms with Crippen molar-refractivity contribution in [2.24, 2.45) is 7.05 Å². The molecule has 1 aliphatic carbocycles. The highest BCUT2D eigenvalue weighted by atomic mass is 28.4. The zero-order chi connectivity index (χ0) is 17.2. The predicted molar refractivity (Wildman–Crippen MR) is 91.8 cm³/mol. The van der Waals surface area contributed by atoms with Crippen LogP contribution in [0.25, 0.3) is 0 Å². The first-order chi connectivity index (χ1) is 10.4. The van der Waals surface area contributed by atoms with Crippen LogP contribution in [0.15, 0.2) is 6.20 Å². The van der Waals surface area contributed by atoms with E-state index in [1.54, 1.807) is 0 Å². The highest BCUT2D eigenvalue weighted by Crippen LogP contribution is 2.47. The number of aromatic nitrogens is 2. The Morgan fingerprint density at radius 1 is 1.30 bits per heavy atom. The quantitative estimate of drug-likeness (QED) is 0.774. The van der Waals surface area contributed by atoms with Crippen molar-refractivity contribution in [2.75, 3.05) is 0 Å². The minimum Gasteiger partial charge on any atom is -0.411 e. The fraction of sp³-hybridized carbons (Fsp3) is 0.824. The minimum absolute atomic E-state index is 0.00469. The van der Waals surface area contributed by atoms with Crippen LogP contribution in [-0.2, 0) is 27.4 Å². The Morgan fingerprint density at radius 2 is 1.96 bits per heavy atom. The Labute approximate surface area is 140 Å². The first kappa shape index (κ1) is 17.1. The summed E-state index contributed by atoms with van der Waals surface area (Å²) in [6.45, 7) is 15.3. The van der Waals surface area contributed by atoms with Gasteiger partial charge in [0.15, 0.2) is 14.1 Å². The number of hydrogen-bond donors (Lipinski definition) is 0. The summed E-state index contributed by atoms with van der Waals surface area (Å²) in [6, 6.07) is 0. The van der Waals surface area contributed by atoms with Gasteiger partial charge in [-0.3, -0.25) is 4.68 Å². The van der Waals surface area contributed by atoms with Crippen LogP contribution in [0.5, 0.6) is 0 Å². The largest absolute Gasteiger partial charge is 0.411 e. The topological polar surface area (TPSA) is 45.5 Å². The minimum atomic E-state index is -1.88. The average Bonchev–Trinajstić information content (AvgIpc) is 2.86. The van der Waals surface area contributed by atoms with E-state index in [0.29, 0.717) is 0 Å². The average molecular weight is 339 g/mol. The molecule has 1 aliphatic heterocycles. The molecule has 1 saturated heterocycles. The Kier molecular flexibility index (Phi) is 3.84. The molecule has 0 radical (unpaired) electrons. The summed E-state index contributed by atoms with van der Waals surface area (Å²) in [5, 5.41) is 4.79. The Bertz CT molecular complexity index is 603. The second kappa shape index (κ2) is 5.15. The lowest BCUT2D eigenvalue weighted by Gasteiger charge is -2.42. The zero-order valence-corrected chi connectivity index (χ0v) is 16.6. The first-order valence-electron chi connectivity index (χ1n) is 8.45. The molecule has 0 aromatic carbocycles. The number of hydrogen-bond acceptors (Lipinski definition) is 4. The van der Waals surface area contributed by atoms with Gasteiger partial charge in [0, 0.05) is 25.2 Å². The van der Waals surface area contributed by atoms with Crippen molar-refractivity contribution in [3.63, 3.8) is 0 Å². The Balaban J connectivity index is 1.93. The van der Waals surface area contributed by atoms with E-state index in [4.69, 9.17) is 13.9 Å². The van der Waals surface area contributed by atoms with E-state index in [0.717, 1.165) is 17.7 Å². The standard InChI is InChI=1S/C17H30N2O3Si/c1-16(2,3)23(7,8)22-13-9-12-11(10-19(6)18-12)14-15(13)21-17(4,5)20-14/h10,13-15H,9H2,1-8H3/t13-,14-,15+/m1/s1. The second-order valence-electron chi connectivity index (χ2n) is 8.85. The van der Waals surface area contributed by atoms with E-state index in [2.05, 4.69) is 45.2 Å². The number of fused-ring (bicyclic) bond motifs is 3. The molecule has 1 aromatic rings. The molecule has 0 bridgehead atoms. The van der Waals surface area contributed by atoms with Crippen LogP contribution in [0.2, 0.25) is 18.1 Å².